The summed E-state index contributed by atoms with van der Waals surface area (Å²) in [5.74, 6) is 2.93. The zero-order chi connectivity index (χ0) is 24.6. The van der Waals surface area contributed by atoms with Crippen molar-refractivity contribution < 1.29 is 14.6 Å². The van der Waals surface area contributed by atoms with Crippen LogP contribution >= 0.6 is 11.8 Å². The van der Waals surface area contributed by atoms with Crippen LogP contribution in [0.4, 0.5) is 5.69 Å². The number of hydrogen-bond acceptors (Lipinski definition) is 6. The van der Waals surface area contributed by atoms with Gasteiger partial charge in [-0.25, -0.2) is 0 Å². The van der Waals surface area contributed by atoms with Crippen molar-refractivity contribution in [2.45, 2.75) is 32.1 Å². The van der Waals surface area contributed by atoms with Gasteiger partial charge in [0, 0.05) is 30.8 Å². The number of phenolic OH excluding ortho intramolecular Hbond substituents is 1. The van der Waals surface area contributed by atoms with Gasteiger partial charge in [0.2, 0.25) is 0 Å². The lowest BCUT2D eigenvalue weighted by molar-refractivity contribution is 0.315. The van der Waals surface area contributed by atoms with Crippen LogP contribution in [0.5, 0.6) is 17.2 Å². The number of phenols is 1. The number of anilines is 1. The van der Waals surface area contributed by atoms with E-state index in [0.717, 1.165) is 66.1 Å². The summed E-state index contributed by atoms with van der Waals surface area (Å²) < 4.78 is 11.4. The summed E-state index contributed by atoms with van der Waals surface area (Å²) >= 11 is 1.83. The molecule has 0 saturated heterocycles. The molecule has 4 rings (SSSR count). The monoisotopic (exact) mass is 492 g/mol. The van der Waals surface area contributed by atoms with Gasteiger partial charge in [-0.15, -0.1) is 0 Å². The minimum absolute atomic E-state index is 0.311. The predicted molar refractivity (Wildman–Crippen MR) is 147 cm³/mol. The van der Waals surface area contributed by atoms with Crippen molar-refractivity contribution in [3.8, 4) is 28.4 Å². The maximum Gasteiger partial charge on any atom is 0.142 e. The molecule has 3 aromatic rings. The highest BCUT2D eigenvalue weighted by atomic mass is 32.2. The summed E-state index contributed by atoms with van der Waals surface area (Å²) in [5.41, 5.74) is 13.8. The average Bonchev–Trinajstić information content (AvgIpc) is 2.88. The van der Waals surface area contributed by atoms with Gasteiger partial charge in [-0.2, -0.15) is 11.8 Å². The first-order valence-electron chi connectivity index (χ1n) is 12.3. The molecule has 0 atom stereocenters. The van der Waals surface area contributed by atoms with Crippen molar-refractivity contribution in [1.82, 2.24) is 5.32 Å². The van der Waals surface area contributed by atoms with Crippen LogP contribution in [0.3, 0.4) is 0 Å². The fraction of sp³-hybridized carbons (Fsp3) is 0.379. The van der Waals surface area contributed by atoms with Crippen molar-refractivity contribution >= 4 is 17.4 Å². The summed E-state index contributed by atoms with van der Waals surface area (Å²) in [5, 5.41) is 14.3. The van der Waals surface area contributed by atoms with E-state index in [0.29, 0.717) is 30.2 Å². The summed E-state index contributed by atoms with van der Waals surface area (Å²) in [7, 11) is 1.64. The quantitative estimate of drug-likeness (QED) is 0.244. The number of benzene rings is 3. The number of nitrogens with two attached hydrogens (primary N) is 1. The molecular weight excluding hydrogens is 456 g/mol. The number of aryl methyl sites for hydroxylation is 1. The van der Waals surface area contributed by atoms with Gasteiger partial charge in [0.1, 0.15) is 23.9 Å². The van der Waals surface area contributed by atoms with Crippen LogP contribution in [0.15, 0.2) is 48.5 Å². The van der Waals surface area contributed by atoms with Crippen LogP contribution < -0.4 is 20.5 Å². The second-order valence-electron chi connectivity index (χ2n) is 8.92. The van der Waals surface area contributed by atoms with Crippen molar-refractivity contribution in [1.29, 1.82) is 0 Å². The van der Waals surface area contributed by atoms with Crippen LogP contribution in [-0.4, -0.2) is 43.9 Å². The third kappa shape index (κ3) is 6.06. The van der Waals surface area contributed by atoms with Gasteiger partial charge in [0.25, 0.3) is 0 Å². The Hall–Kier alpha value is -2.83. The lowest BCUT2D eigenvalue weighted by atomic mass is 9.83. The average molecular weight is 493 g/mol. The number of methoxy groups -OCH3 is 1. The molecule has 0 heterocycles. The third-order valence-electron chi connectivity index (χ3n) is 6.65. The predicted octanol–water partition coefficient (Wildman–Crippen LogP) is 5.45. The number of thioether (sulfide) groups is 1. The van der Waals surface area contributed by atoms with Crippen LogP contribution in [0.1, 0.15) is 35.1 Å². The Morgan fingerprint density at radius 1 is 1.00 bits per heavy atom. The molecule has 0 radical (unpaired) electrons. The molecular formula is C29H36N2O3S. The van der Waals surface area contributed by atoms with Crippen molar-refractivity contribution in [3.63, 3.8) is 0 Å². The van der Waals surface area contributed by atoms with Gasteiger partial charge in [0.15, 0.2) is 0 Å². The molecule has 6 heteroatoms. The van der Waals surface area contributed by atoms with Gasteiger partial charge >= 0.3 is 0 Å². The standard InChI is InChI=1S/C29H36N2O3S/c1-33-27-14-12-24(28-23-6-4-3-5-21(23)9-13-26(28)32)25(29(27)30)19-20-7-10-22(11-8-20)34-17-15-31-16-18-35-2/h7-14,31-32H,3-6,15-19,30H2,1-2H3. The first kappa shape index (κ1) is 25.3. The number of ether oxygens (including phenoxy) is 2. The van der Waals surface area contributed by atoms with E-state index in [-0.39, 0.29) is 0 Å². The van der Waals surface area contributed by atoms with Gasteiger partial charge < -0.3 is 25.6 Å². The summed E-state index contributed by atoms with van der Waals surface area (Å²) in [4.78, 5) is 0. The summed E-state index contributed by atoms with van der Waals surface area (Å²) in [6.07, 6.45) is 7.10. The topological polar surface area (TPSA) is 76.7 Å². The van der Waals surface area contributed by atoms with Crippen molar-refractivity contribution in [2.24, 2.45) is 0 Å². The molecule has 0 aromatic heterocycles. The highest BCUT2D eigenvalue weighted by Gasteiger charge is 2.22. The molecule has 0 aliphatic heterocycles. The van der Waals surface area contributed by atoms with Crippen molar-refractivity contribution in [2.75, 3.05) is 44.5 Å². The lowest BCUT2D eigenvalue weighted by Gasteiger charge is -2.23. The first-order valence-corrected chi connectivity index (χ1v) is 13.7. The fourth-order valence-electron chi connectivity index (χ4n) is 4.81. The largest absolute Gasteiger partial charge is 0.507 e. The molecule has 5 nitrogen and oxygen atoms in total. The van der Waals surface area contributed by atoms with E-state index in [9.17, 15) is 5.11 Å². The highest BCUT2D eigenvalue weighted by Crippen LogP contribution is 2.43. The molecule has 0 spiro atoms. The molecule has 1 aliphatic carbocycles. The zero-order valence-electron chi connectivity index (χ0n) is 20.7. The normalized spacial score (nSPS) is 12.9. The van der Waals surface area contributed by atoms with E-state index in [1.165, 1.54) is 17.5 Å². The van der Waals surface area contributed by atoms with Crippen LogP contribution in [0.2, 0.25) is 0 Å². The number of fused-ring (bicyclic) bond motifs is 1. The molecule has 3 aromatic carbocycles. The Labute approximate surface area is 213 Å². The van der Waals surface area contributed by atoms with E-state index in [1.807, 2.05) is 42.1 Å². The van der Waals surface area contributed by atoms with E-state index >= 15 is 0 Å². The number of aromatic hydroxyl groups is 1. The molecule has 0 fully saturated rings. The zero-order valence-corrected chi connectivity index (χ0v) is 21.5. The Balaban J connectivity index is 1.58. The van der Waals surface area contributed by atoms with E-state index < -0.39 is 0 Å². The minimum Gasteiger partial charge on any atom is -0.507 e. The second-order valence-corrected chi connectivity index (χ2v) is 9.91. The van der Waals surface area contributed by atoms with E-state index in [1.54, 1.807) is 7.11 Å². The second kappa shape index (κ2) is 12.2. The smallest absolute Gasteiger partial charge is 0.142 e. The van der Waals surface area contributed by atoms with Gasteiger partial charge in [-0.05, 0) is 84.0 Å². The molecule has 0 unspecified atom stereocenters. The van der Waals surface area contributed by atoms with E-state index in [2.05, 4.69) is 29.8 Å². The fourth-order valence-corrected chi connectivity index (χ4v) is 5.16. The molecule has 4 N–H and O–H groups in total. The first-order chi connectivity index (χ1) is 17.1. The molecule has 0 bridgehead atoms. The maximum atomic E-state index is 10.9. The number of rotatable bonds is 11. The Morgan fingerprint density at radius 2 is 1.80 bits per heavy atom. The summed E-state index contributed by atoms with van der Waals surface area (Å²) in [6.45, 7) is 2.46. The van der Waals surface area contributed by atoms with Gasteiger partial charge in [0.05, 0.1) is 12.8 Å². The van der Waals surface area contributed by atoms with Crippen molar-refractivity contribution in [3.05, 3.63) is 70.8 Å². The van der Waals surface area contributed by atoms with Gasteiger partial charge in [-0.3, -0.25) is 0 Å². The number of hydrogen-bond donors (Lipinski definition) is 3. The van der Waals surface area contributed by atoms with Crippen LogP contribution in [0.25, 0.3) is 11.1 Å². The molecule has 0 saturated carbocycles. The Kier molecular flexibility index (Phi) is 8.83. The maximum absolute atomic E-state index is 10.9. The van der Waals surface area contributed by atoms with Crippen LogP contribution in [0, 0.1) is 0 Å². The molecule has 1 aliphatic rings. The Morgan fingerprint density at radius 3 is 2.57 bits per heavy atom. The van der Waals surface area contributed by atoms with E-state index in [4.69, 9.17) is 15.2 Å². The molecule has 35 heavy (non-hydrogen) atoms. The minimum atomic E-state index is 0.311. The van der Waals surface area contributed by atoms with Gasteiger partial charge in [-0.1, -0.05) is 24.3 Å². The third-order valence-corrected chi connectivity index (χ3v) is 7.26. The lowest BCUT2D eigenvalue weighted by Crippen LogP contribution is -2.23. The summed E-state index contributed by atoms with van der Waals surface area (Å²) in [6, 6.07) is 16.0. The number of nitrogen functional groups attached to an aromatic ring is 1. The van der Waals surface area contributed by atoms with Crippen LogP contribution in [-0.2, 0) is 19.3 Å². The molecule has 186 valence electrons. The Bertz CT molecular complexity index is 1130. The highest BCUT2D eigenvalue weighted by molar-refractivity contribution is 7.98. The number of nitrogens with one attached hydrogen (secondary N) is 1. The SMILES string of the molecule is COc1ccc(-c2c(O)ccc3c2CCCC3)c(Cc2ccc(OCCNCCSC)cc2)c1N. The molecule has 0 amide bonds.